The fourth-order valence-electron chi connectivity index (χ4n) is 2.48. The van der Waals surface area contributed by atoms with Gasteiger partial charge in [-0.3, -0.25) is 9.78 Å². The van der Waals surface area contributed by atoms with Gasteiger partial charge in [-0.2, -0.15) is 13.2 Å². The lowest BCUT2D eigenvalue weighted by Crippen LogP contribution is -2.31. The molecule has 0 bridgehead atoms. The second-order valence-corrected chi connectivity index (χ2v) is 5.12. The van der Waals surface area contributed by atoms with Gasteiger partial charge in [-0.25, -0.2) is 4.79 Å². The van der Waals surface area contributed by atoms with Crippen LogP contribution in [0.5, 0.6) is 0 Å². The molecule has 2 aromatic carbocycles. The number of fused-ring (bicyclic) bond motifs is 1. The van der Waals surface area contributed by atoms with Crippen molar-refractivity contribution in [3.05, 3.63) is 80.1 Å². The van der Waals surface area contributed by atoms with E-state index in [0.717, 1.165) is 10.8 Å². The van der Waals surface area contributed by atoms with E-state index in [4.69, 9.17) is 0 Å². The van der Waals surface area contributed by atoms with E-state index < -0.39 is 28.7 Å². The minimum Gasteiger partial charge on any atom is -0.303 e. The molecule has 4 nitrogen and oxygen atoms in total. The molecule has 1 aromatic heterocycles. The summed E-state index contributed by atoms with van der Waals surface area (Å²) < 4.78 is 39.1. The maximum atomic E-state index is 13.0. The van der Waals surface area contributed by atoms with Gasteiger partial charge < -0.3 is 4.98 Å². The zero-order valence-electron chi connectivity index (χ0n) is 11.7. The van der Waals surface area contributed by atoms with Crippen LogP contribution in [0, 0.1) is 0 Å². The highest BCUT2D eigenvalue weighted by molar-refractivity contribution is 5.83. The highest BCUT2D eigenvalue weighted by atomic mass is 19.4. The van der Waals surface area contributed by atoms with Crippen LogP contribution in [-0.2, 0) is 12.6 Å². The molecule has 0 aliphatic heterocycles. The second-order valence-electron chi connectivity index (χ2n) is 5.12. The van der Waals surface area contributed by atoms with Gasteiger partial charge in [0.2, 0.25) is 0 Å². The molecule has 23 heavy (non-hydrogen) atoms. The summed E-state index contributed by atoms with van der Waals surface area (Å²) in [6, 6.07) is 12.6. The number of benzene rings is 2. The summed E-state index contributed by atoms with van der Waals surface area (Å²) in [5.41, 5.74) is -3.47. The minimum atomic E-state index is -4.81. The number of hydrogen-bond donors (Lipinski definition) is 2. The molecule has 0 aliphatic carbocycles. The van der Waals surface area contributed by atoms with Gasteiger partial charge in [-0.15, -0.1) is 0 Å². The minimum absolute atomic E-state index is 0.230. The van der Waals surface area contributed by atoms with Gasteiger partial charge in [0.1, 0.15) is 5.69 Å². The quantitative estimate of drug-likeness (QED) is 0.762. The Kier molecular flexibility index (Phi) is 3.55. The fourth-order valence-corrected chi connectivity index (χ4v) is 2.48. The first-order valence-corrected chi connectivity index (χ1v) is 6.75. The molecule has 0 saturated heterocycles. The van der Waals surface area contributed by atoms with Gasteiger partial charge in [0.05, 0.1) is 5.56 Å². The average Bonchev–Trinajstić information content (AvgIpc) is 2.48. The molecule has 0 radical (unpaired) electrons. The zero-order valence-corrected chi connectivity index (χ0v) is 11.7. The van der Waals surface area contributed by atoms with Gasteiger partial charge in [-0.1, -0.05) is 42.5 Å². The van der Waals surface area contributed by atoms with E-state index in [1.54, 1.807) is 23.2 Å². The highest BCUT2D eigenvalue weighted by Crippen LogP contribution is 2.29. The van der Waals surface area contributed by atoms with Crippen LogP contribution in [0.2, 0.25) is 0 Å². The standard InChI is InChI=1S/C16H11F3N2O2/c17-16(18,19)13-12(14(22)21-15(23)20-13)8-9-5-6-10-3-1-2-4-11(10)7-9/h1-7H,8H2,(H2,20,21,22,23). The number of H-pyrrole nitrogens is 2. The molecule has 2 N–H and O–H groups in total. The van der Waals surface area contributed by atoms with E-state index in [9.17, 15) is 22.8 Å². The summed E-state index contributed by atoms with van der Waals surface area (Å²) >= 11 is 0. The number of hydrogen-bond acceptors (Lipinski definition) is 2. The van der Waals surface area contributed by atoms with E-state index in [1.165, 1.54) is 0 Å². The molecular formula is C16H11F3N2O2. The average molecular weight is 320 g/mol. The van der Waals surface area contributed by atoms with Gasteiger partial charge in [-0.05, 0) is 16.3 Å². The number of nitrogens with one attached hydrogen (secondary N) is 2. The van der Waals surface area contributed by atoms with E-state index in [0.29, 0.717) is 5.56 Å². The Balaban J connectivity index is 2.11. The Hall–Kier alpha value is -2.83. The lowest BCUT2D eigenvalue weighted by molar-refractivity contribution is -0.142. The van der Waals surface area contributed by atoms with Crippen molar-refractivity contribution < 1.29 is 13.2 Å². The van der Waals surface area contributed by atoms with Crippen molar-refractivity contribution in [3.8, 4) is 0 Å². The first-order valence-electron chi connectivity index (χ1n) is 6.75. The van der Waals surface area contributed by atoms with Gasteiger partial charge in [0.15, 0.2) is 0 Å². The Bertz CT molecular complexity index is 987. The molecule has 3 aromatic rings. The van der Waals surface area contributed by atoms with Gasteiger partial charge in [0.25, 0.3) is 5.56 Å². The lowest BCUT2D eigenvalue weighted by atomic mass is 10.0. The Morgan fingerprint density at radius 3 is 2.30 bits per heavy atom. The van der Waals surface area contributed by atoms with E-state index >= 15 is 0 Å². The molecule has 118 valence electrons. The second kappa shape index (κ2) is 5.42. The first-order chi connectivity index (χ1) is 10.8. The summed E-state index contributed by atoms with van der Waals surface area (Å²) in [6.07, 6.45) is -5.04. The number of alkyl halides is 3. The molecule has 0 amide bonds. The Labute approximate surface area is 127 Å². The van der Waals surface area contributed by atoms with Crippen LogP contribution in [0.4, 0.5) is 13.2 Å². The van der Waals surface area contributed by atoms with Crippen molar-refractivity contribution in [3.63, 3.8) is 0 Å². The van der Waals surface area contributed by atoms with Crippen LogP contribution in [0.15, 0.2) is 52.1 Å². The van der Waals surface area contributed by atoms with Crippen LogP contribution < -0.4 is 11.2 Å². The predicted octanol–water partition coefficient (Wildman–Crippen LogP) is 2.83. The Morgan fingerprint density at radius 2 is 1.61 bits per heavy atom. The number of aromatic amines is 2. The molecule has 0 spiro atoms. The van der Waals surface area contributed by atoms with Crippen molar-refractivity contribution in [2.45, 2.75) is 12.6 Å². The monoisotopic (exact) mass is 320 g/mol. The normalized spacial score (nSPS) is 11.8. The van der Waals surface area contributed by atoms with E-state index in [1.807, 2.05) is 29.2 Å². The number of rotatable bonds is 2. The first kappa shape index (κ1) is 15.1. The van der Waals surface area contributed by atoms with Crippen LogP contribution in [-0.4, -0.2) is 9.97 Å². The molecule has 0 aliphatic rings. The molecule has 0 unspecified atom stereocenters. The van der Waals surface area contributed by atoms with Gasteiger partial charge >= 0.3 is 11.9 Å². The topological polar surface area (TPSA) is 65.7 Å². The predicted molar refractivity (Wildman–Crippen MR) is 79.4 cm³/mol. The van der Waals surface area contributed by atoms with Crippen molar-refractivity contribution >= 4 is 10.8 Å². The molecular weight excluding hydrogens is 309 g/mol. The third-order valence-electron chi connectivity index (χ3n) is 3.52. The van der Waals surface area contributed by atoms with Crippen LogP contribution in [0.1, 0.15) is 16.8 Å². The zero-order chi connectivity index (χ0) is 16.6. The molecule has 7 heteroatoms. The van der Waals surface area contributed by atoms with Gasteiger partial charge in [0, 0.05) is 6.42 Å². The Morgan fingerprint density at radius 1 is 0.913 bits per heavy atom. The largest absolute Gasteiger partial charge is 0.431 e. The van der Waals surface area contributed by atoms with Crippen LogP contribution in [0.3, 0.4) is 0 Å². The smallest absolute Gasteiger partial charge is 0.303 e. The lowest BCUT2D eigenvalue weighted by Gasteiger charge is -2.11. The maximum absolute atomic E-state index is 13.0. The molecule has 0 fully saturated rings. The maximum Gasteiger partial charge on any atom is 0.431 e. The highest BCUT2D eigenvalue weighted by Gasteiger charge is 2.36. The summed E-state index contributed by atoms with van der Waals surface area (Å²) in [4.78, 5) is 26.4. The third-order valence-corrected chi connectivity index (χ3v) is 3.52. The van der Waals surface area contributed by atoms with E-state index in [-0.39, 0.29) is 6.42 Å². The summed E-state index contributed by atoms with van der Waals surface area (Å²) in [7, 11) is 0. The molecule has 0 saturated carbocycles. The number of halogens is 3. The number of aromatic nitrogens is 2. The van der Waals surface area contributed by atoms with Crippen molar-refractivity contribution in [2.24, 2.45) is 0 Å². The third kappa shape index (κ3) is 3.03. The summed E-state index contributed by atoms with van der Waals surface area (Å²) in [5.74, 6) is 0. The summed E-state index contributed by atoms with van der Waals surface area (Å²) in [6.45, 7) is 0. The SMILES string of the molecule is O=c1[nH]c(C(F)(F)F)c(Cc2ccc3ccccc3c2)c(=O)[nH]1. The molecule has 0 atom stereocenters. The fraction of sp³-hybridized carbons (Fsp3) is 0.125. The summed E-state index contributed by atoms with van der Waals surface area (Å²) in [5, 5.41) is 1.81. The van der Waals surface area contributed by atoms with Crippen molar-refractivity contribution in [2.75, 3.05) is 0 Å². The van der Waals surface area contributed by atoms with Crippen LogP contribution >= 0.6 is 0 Å². The van der Waals surface area contributed by atoms with Crippen molar-refractivity contribution in [1.82, 2.24) is 9.97 Å². The van der Waals surface area contributed by atoms with Crippen molar-refractivity contribution in [1.29, 1.82) is 0 Å². The molecule has 3 rings (SSSR count). The van der Waals surface area contributed by atoms with Crippen LogP contribution in [0.25, 0.3) is 10.8 Å². The molecule has 1 heterocycles. The van der Waals surface area contributed by atoms with E-state index in [2.05, 4.69) is 0 Å².